The summed E-state index contributed by atoms with van der Waals surface area (Å²) < 4.78 is 0. The molecule has 0 aliphatic rings. The molecule has 0 aliphatic heterocycles. The Morgan fingerprint density at radius 3 is 2.76 bits per heavy atom. The van der Waals surface area contributed by atoms with Crippen LogP contribution in [0.15, 0.2) is 17.5 Å². The SMILES string of the molecule is CC(C)CN(CCC(=N)N)CCc1cccs1. The van der Waals surface area contributed by atoms with Gasteiger partial charge in [-0.05, 0) is 23.8 Å². The number of nitrogens with zero attached hydrogens (tertiary/aromatic N) is 1. The zero-order valence-electron chi connectivity index (χ0n) is 10.8. The van der Waals surface area contributed by atoms with Crippen molar-refractivity contribution in [2.45, 2.75) is 26.7 Å². The third-order valence-corrected chi connectivity index (χ3v) is 3.51. The molecule has 0 saturated heterocycles. The molecule has 0 aromatic carbocycles. The molecule has 1 rings (SSSR count). The molecule has 0 aliphatic carbocycles. The molecule has 0 spiro atoms. The molecule has 0 fully saturated rings. The number of hydrogen-bond acceptors (Lipinski definition) is 3. The van der Waals surface area contributed by atoms with E-state index in [0.29, 0.717) is 12.3 Å². The molecule has 17 heavy (non-hydrogen) atoms. The topological polar surface area (TPSA) is 53.1 Å². The van der Waals surface area contributed by atoms with Gasteiger partial charge in [0.15, 0.2) is 0 Å². The number of nitrogens with two attached hydrogens (primary N) is 1. The van der Waals surface area contributed by atoms with Crippen molar-refractivity contribution >= 4 is 17.2 Å². The van der Waals surface area contributed by atoms with Crippen molar-refractivity contribution in [1.82, 2.24) is 4.90 Å². The lowest BCUT2D eigenvalue weighted by atomic mass is 10.2. The van der Waals surface area contributed by atoms with Gasteiger partial charge in [0.1, 0.15) is 0 Å². The number of hydrogen-bond donors (Lipinski definition) is 2. The lowest BCUT2D eigenvalue weighted by molar-refractivity contribution is 0.254. The molecular formula is C13H23N3S. The Morgan fingerprint density at radius 2 is 2.24 bits per heavy atom. The number of nitrogens with one attached hydrogen (secondary N) is 1. The summed E-state index contributed by atoms with van der Waals surface area (Å²) in [4.78, 5) is 3.84. The van der Waals surface area contributed by atoms with Gasteiger partial charge in [-0.25, -0.2) is 0 Å². The van der Waals surface area contributed by atoms with Crippen LogP contribution in [0, 0.1) is 11.3 Å². The van der Waals surface area contributed by atoms with Gasteiger partial charge in [0, 0.05) is 30.9 Å². The van der Waals surface area contributed by atoms with E-state index in [4.69, 9.17) is 11.1 Å². The maximum Gasteiger partial charge on any atom is 0.0918 e. The van der Waals surface area contributed by atoms with Gasteiger partial charge >= 0.3 is 0 Å². The van der Waals surface area contributed by atoms with Gasteiger partial charge in [-0.1, -0.05) is 19.9 Å². The molecule has 0 unspecified atom stereocenters. The highest BCUT2D eigenvalue weighted by molar-refractivity contribution is 7.09. The molecule has 1 aromatic rings. The first kappa shape index (κ1) is 14.2. The molecule has 3 nitrogen and oxygen atoms in total. The first-order chi connectivity index (χ1) is 8.08. The minimum atomic E-state index is 0.287. The summed E-state index contributed by atoms with van der Waals surface area (Å²) in [5.41, 5.74) is 5.42. The van der Waals surface area contributed by atoms with E-state index in [1.54, 1.807) is 0 Å². The quantitative estimate of drug-likeness (QED) is 0.552. The fraction of sp³-hybridized carbons (Fsp3) is 0.615. The van der Waals surface area contributed by atoms with Crippen molar-refractivity contribution in [3.05, 3.63) is 22.4 Å². The van der Waals surface area contributed by atoms with Crippen molar-refractivity contribution in [2.75, 3.05) is 19.6 Å². The molecule has 0 atom stereocenters. The lowest BCUT2D eigenvalue weighted by Crippen LogP contribution is -2.32. The lowest BCUT2D eigenvalue weighted by Gasteiger charge is -2.23. The number of rotatable bonds is 8. The van der Waals surface area contributed by atoms with Gasteiger partial charge in [-0.15, -0.1) is 11.3 Å². The summed E-state index contributed by atoms with van der Waals surface area (Å²) in [7, 11) is 0. The van der Waals surface area contributed by atoms with Gasteiger partial charge in [0.2, 0.25) is 0 Å². The Hall–Kier alpha value is -0.870. The highest BCUT2D eigenvalue weighted by Gasteiger charge is 2.08. The predicted molar refractivity (Wildman–Crippen MR) is 75.8 cm³/mol. The molecule has 1 heterocycles. The van der Waals surface area contributed by atoms with Crippen LogP contribution < -0.4 is 5.73 Å². The van der Waals surface area contributed by atoms with Crippen molar-refractivity contribution in [3.63, 3.8) is 0 Å². The van der Waals surface area contributed by atoms with Crippen LogP contribution in [0.1, 0.15) is 25.1 Å². The molecule has 0 amide bonds. The third kappa shape index (κ3) is 6.44. The van der Waals surface area contributed by atoms with Crippen molar-refractivity contribution < 1.29 is 0 Å². The second-order valence-corrected chi connectivity index (χ2v) is 5.83. The summed E-state index contributed by atoms with van der Waals surface area (Å²) in [6, 6.07) is 4.28. The fourth-order valence-corrected chi connectivity index (χ4v) is 2.51. The summed E-state index contributed by atoms with van der Waals surface area (Å²) in [5.74, 6) is 0.945. The standard InChI is InChI=1S/C13H23N3S/c1-11(2)10-16(8-6-13(14)15)7-5-12-4-3-9-17-12/h3-4,9,11H,5-8,10H2,1-2H3,(H3,14,15). The zero-order chi connectivity index (χ0) is 12.7. The summed E-state index contributed by atoms with van der Waals surface area (Å²) in [5, 5.41) is 9.42. The Kier molecular flexibility index (Phi) is 6.22. The zero-order valence-corrected chi connectivity index (χ0v) is 11.6. The fourth-order valence-electron chi connectivity index (χ4n) is 1.81. The Balaban J connectivity index is 2.36. The summed E-state index contributed by atoms with van der Waals surface area (Å²) in [6.07, 6.45) is 1.78. The summed E-state index contributed by atoms with van der Waals surface area (Å²) >= 11 is 1.81. The molecule has 1 aromatic heterocycles. The van der Waals surface area contributed by atoms with Gasteiger partial charge in [0.05, 0.1) is 5.84 Å². The Morgan fingerprint density at radius 1 is 1.47 bits per heavy atom. The van der Waals surface area contributed by atoms with Crippen molar-refractivity contribution in [3.8, 4) is 0 Å². The number of amidine groups is 1. The van der Waals surface area contributed by atoms with Crippen LogP contribution in [0.25, 0.3) is 0 Å². The first-order valence-corrected chi connectivity index (χ1v) is 7.03. The van der Waals surface area contributed by atoms with Gasteiger partial charge in [0.25, 0.3) is 0 Å². The van der Waals surface area contributed by atoms with Crippen LogP contribution in [0.5, 0.6) is 0 Å². The second kappa shape index (κ2) is 7.45. The molecule has 4 heteroatoms. The molecule has 0 bridgehead atoms. The third-order valence-electron chi connectivity index (χ3n) is 2.58. The van der Waals surface area contributed by atoms with E-state index in [2.05, 4.69) is 36.3 Å². The van der Waals surface area contributed by atoms with E-state index in [1.807, 2.05) is 11.3 Å². The average Bonchev–Trinajstić information content (AvgIpc) is 2.74. The second-order valence-electron chi connectivity index (χ2n) is 4.80. The first-order valence-electron chi connectivity index (χ1n) is 6.15. The Labute approximate surface area is 108 Å². The molecule has 0 saturated carbocycles. The van der Waals surface area contributed by atoms with E-state index < -0.39 is 0 Å². The van der Waals surface area contributed by atoms with Gasteiger partial charge < -0.3 is 10.6 Å². The minimum Gasteiger partial charge on any atom is -0.388 e. The normalized spacial score (nSPS) is 11.3. The largest absolute Gasteiger partial charge is 0.388 e. The average molecular weight is 253 g/mol. The maximum absolute atomic E-state index is 7.29. The van der Waals surface area contributed by atoms with E-state index in [0.717, 1.165) is 26.1 Å². The van der Waals surface area contributed by atoms with Gasteiger partial charge in [-0.2, -0.15) is 0 Å². The highest BCUT2D eigenvalue weighted by Crippen LogP contribution is 2.10. The molecule has 96 valence electrons. The Bertz CT molecular complexity index is 319. The molecule has 3 N–H and O–H groups in total. The van der Waals surface area contributed by atoms with Crippen LogP contribution in [0.4, 0.5) is 0 Å². The van der Waals surface area contributed by atoms with E-state index in [9.17, 15) is 0 Å². The smallest absolute Gasteiger partial charge is 0.0918 e. The van der Waals surface area contributed by atoms with E-state index in [-0.39, 0.29) is 5.84 Å². The van der Waals surface area contributed by atoms with Crippen molar-refractivity contribution in [1.29, 1.82) is 5.41 Å². The van der Waals surface area contributed by atoms with Crippen LogP contribution >= 0.6 is 11.3 Å². The van der Waals surface area contributed by atoms with Gasteiger partial charge in [-0.3, -0.25) is 5.41 Å². The van der Waals surface area contributed by atoms with E-state index in [1.165, 1.54) is 4.88 Å². The number of thiophene rings is 1. The summed E-state index contributed by atoms with van der Waals surface area (Å²) in [6.45, 7) is 7.50. The van der Waals surface area contributed by atoms with Crippen LogP contribution in [-0.4, -0.2) is 30.4 Å². The minimum absolute atomic E-state index is 0.287. The van der Waals surface area contributed by atoms with E-state index >= 15 is 0 Å². The highest BCUT2D eigenvalue weighted by atomic mass is 32.1. The molecular weight excluding hydrogens is 230 g/mol. The predicted octanol–water partition coefficient (Wildman–Crippen LogP) is 2.57. The van der Waals surface area contributed by atoms with Crippen LogP contribution in [0.2, 0.25) is 0 Å². The monoisotopic (exact) mass is 253 g/mol. The van der Waals surface area contributed by atoms with Crippen molar-refractivity contribution in [2.24, 2.45) is 11.7 Å². The maximum atomic E-state index is 7.29. The van der Waals surface area contributed by atoms with Crippen LogP contribution in [-0.2, 0) is 6.42 Å². The van der Waals surface area contributed by atoms with Crippen LogP contribution in [0.3, 0.4) is 0 Å². The molecule has 0 radical (unpaired) electrons.